The Bertz CT molecular complexity index is 1280. The largest absolute Gasteiger partial charge is 0.366 e. The number of carbonyl (C=O) groups is 1. The van der Waals surface area contributed by atoms with E-state index in [9.17, 15) is 9.18 Å². The fraction of sp³-hybridized carbons (Fsp3) is 0.261. The highest BCUT2D eigenvalue weighted by molar-refractivity contribution is 5.93. The van der Waals surface area contributed by atoms with Gasteiger partial charge < -0.3 is 11.1 Å². The van der Waals surface area contributed by atoms with Gasteiger partial charge in [-0.2, -0.15) is 5.10 Å². The van der Waals surface area contributed by atoms with Crippen LogP contribution in [-0.4, -0.2) is 38.2 Å². The highest BCUT2D eigenvalue weighted by Crippen LogP contribution is 2.30. The summed E-state index contributed by atoms with van der Waals surface area (Å²) in [6.07, 6.45) is 9.87. The van der Waals surface area contributed by atoms with Gasteiger partial charge in [-0.25, -0.2) is 9.37 Å². The quantitative estimate of drug-likeness (QED) is 0.532. The molecule has 31 heavy (non-hydrogen) atoms. The second-order valence-electron chi connectivity index (χ2n) is 7.99. The summed E-state index contributed by atoms with van der Waals surface area (Å²) in [7, 11) is 0. The third kappa shape index (κ3) is 3.48. The molecule has 0 atom stereocenters. The van der Waals surface area contributed by atoms with E-state index in [4.69, 9.17) is 5.73 Å². The van der Waals surface area contributed by atoms with Crippen molar-refractivity contribution >= 4 is 11.6 Å². The first-order chi connectivity index (χ1) is 15.0. The molecule has 0 bridgehead atoms. The number of carbonyl (C=O) groups excluding carboxylic acids is 1. The SMILES string of the molecule is Cc1cn2c(-c3ccc(C(N)=O)c(F)c3)cnc2cc1-c1cnn(C2CCNCC2)c1. The van der Waals surface area contributed by atoms with Crippen molar-refractivity contribution in [2.24, 2.45) is 5.73 Å². The Labute approximate surface area is 178 Å². The van der Waals surface area contributed by atoms with Crippen molar-refractivity contribution in [1.82, 2.24) is 24.5 Å². The Balaban J connectivity index is 1.51. The summed E-state index contributed by atoms with van der Waals surface area (Å²) in [4.78, 5) is 15.8. The third-order valence-electron chi connectivity index (χ3n) is 5.97. The smallest absolute Gasteiger partial charge is 0.251 e. The number of nitrogens with one attached hydrogen (secondary N) is 1. The molecule has 5 rings (SSSR count). The highest BCUT2D eigenvalue weighted by Gasteiger charge is 2.18. The number of amides is 1. The molecular weight excluding hydrogens is 395 g/mol. The number of fused-ring (bicyclic) bond motifs is 1. The van der Waals surface area contributed by atoms with Gasteiger partial charge in [0, 0.05) is 23.5 Å². The molecule has 1 amide bonds. The molecule has 4 heterocycles. The summed E-state index contributed by atoms with van der Waals surface area (Å²) in [6, 6.07) is 6.85. The molecule has 0 spiro atoms. The highest BCUT2D eigenvalue weighted by atomic mass is 19.1. The van der Waals surface area contributed by atoms with Gasteiger partial charge in [0.05, 0.1) is 29.7 Å². The average molecular weight is 418 g/mol. The number of nitrogens with zero attached hydrogens (tertiary/aromatic N) is 4. The lowest BCUT2D eigenvalue weighted by Gasteiger charge is -2.22. The second kappa shape index (κ2) is 7.63. The minimum atomic E-state index is -0.785. The number of aromatic nitrogens is 4. The van der Waals surface area contributed by atoms with E-state index in [2.05, 4.69) is 26.3 Å². The first-order valence-electron chi connectivity index (χ1n) is 10.3. The summed E-state index contributed by atoms with van der Waals surface area (Å²) < 4.78 is 18.3. The molecule has 7 nitrogen and oxygen atoms in total. The number of nitrogens with two attached hydrogens (primary N) is 1. The molecule has 1 aromatic carbocycles. The van der Waals surface area contributed by atoms with E-state index in [0.717, 1.165) is 54.0 Å². The van der Waals surface area contributed by atoms with Crippen LogP contribution in [0, 0.1) is 12.7 Å². The van der Waals surface area contributed by atoms with E-state index in [1.807, 2.05) is 29.8 Å². The Morgan fingerprint density at radius 2 is 1.97 bits per heavy atom. The number of benzene rings is 1. The number of piperidine rings is 1. The van der Waals surface area contributed by atoms with E-state index in [-0.39, 0.29) is 5.56 Å². The van der Waals surface area contributed by atoms with Crippen LogP contribution in [0.2, 0.25) is 0 Å². The van der Waals surface area contributed by atoms with Crippen molar-refractivity contribution in [3.63, 3.8) is 0 Å². The van der Waals surface area contributed by atoms with Crippen LogP contribution in [0.1, 0.15) is 34.8 Å². The summed E-state index contributed by atoms with van der Waals surface area (Å²) >= 11 is 0. The molecule has 1 aliphatic heterocycles. The predicted molar refractivity (Wildman–Crippen MR) is 116 cm³/mol. The minimum Gasteiger partial charge on any atom is -0.366 e. The Hall–Kier alpha value is -3.52. The van der Waals surface area contributed by atoms with E-state index in [0.29, 0.717) is 11.6 Å². The van der Waals surface area contributed by atoms with Crippen LogP contribution in [-0.2, 0) is 0 Å². The van der Waals surface area contributed by atoms with Crippen LogP contribution < -0.4 is 11.1 Å². The number of aryl methyl sites for hydroxylation is 1. The zero-order chi connectivity index (χ0) is 21.5. The Kier molecular flexibility index (Phi) is 4.78. The van der Waals surface area contributed by atoms with Gasteiger partial charge >= 0.3 is 0 Å². The lowest BCUT2D eigenvalue weighted by molar-refractivity contribution is 0.0996. The second-order valence-corrected chi connectivity index (χ2v) is 7.99. The monoisotopic (exact) mass is 418 g/mol. The predicted octanol–water partition coefficient (Wildman–Crippen LogP) is 3.34. The van der Waals surface area contributed by atoms with Crippen LogP contribution in [0.4, 0.5) is 4.39 Å². The molecule has 0 saturated carbocycles. The molecule has 3 N–H and O–H groups in total. The van der Waals surface area contributed by atoms with E-state index < -0.39 is 11.7 Å². The molecule has 4 aromatic rings. The maximum absolute atomic E-state index is 14.3. The average Bonchev–Trinajstić information content (AvgIpc) is 3.40. The number of primary amides is 1. The van der Waals surface area contributed by atoms with Crippen molar-refractivity contribution in [3.8, 4) is 22.4 Å². The molecule has 8 heteroatoms. The van der Waals surface area contributed by atoms with Gasteiger partial charge in [0.1, 0.15) is 11.5 Å². The standard InChI is InChI=1S/C23H23FN6O/c1-14-12-29-21(15-2-3-18(23(25)31)20(24)8-15)11-27-22(29)9-19(14)16-10-28-30(13-16)17-4-6-26-7-5-17/h2-3,8-13,17,26H,4-7H2,1H3,(H2,25,31). The lowest BCUT2D eigenvalue weighted by Crippen LogP contribution is -2.29. The van der Waals surface area contributed by atoms with Crippen molar-refractivity contribution in [2.75, 3.05) is 13.1 Å². The van der Waals surface area contributed by atoms with Crippen molar-refractivity contribution in [1.29, 1.82) is 0 Å². The maximum Gasteiger partial charge on any atom is 0.251 e. The zero-order valence-corrected chi connectivity index (χ0v) is 17.2. The summed E-state index contributed by atoms with van der Waals surface area (Å²) in [5.74, 6) is -1.42. The fourth-order valence-corrected chi connectivity index (χ4v) is 4.27. The molecule has 0 aliphatic carbocycles. The maximum atomic E-state index is 14.3. The molecule has 158 valence electrons. The molecule has 3 aromatic heterocycles. The number of pyridine rings is 1. The topological polar surface area (TPSA) is 90.2 Å². The van der Waals surface area contributed by atoms with E-state index in [1.165, 1.54) is 12.1 Å². The molecular formula is C23H23FN6O. The summed E-state index contributed by atoms with van der Waals surface area (Å²) in [6.45, 7) is 4.07. The number of imidazole rings is 1. The molecule has 1 saturated heterocycles. The first kappa shape index (κ1) is 19.4. The number of halogens is 1. The third-order valence-corrected chi connectivity index (χ3v) is 5.97. The Morgan fingerprint density at radius 1 is 1.16 bits per heavy atom. The number of hydrogen-bond donors (Lipinski definition) is 2. The van der Waals surface area contributed by atoms with Crippen molar-refractivity contribution in [2.45, 2.75) is 25.8 Å². The molecule has 0 radical (unpaired) electrons. The zero-order valence-electron chi connectivity index (χ0n) is 17.2. The van der Waals surface area contributed by atoms with Gasteiger partial charge in [0.2, 0.25) is 0 Å². The van der Waals surface area contributed by atoms with Crippen LogP contribution in [0.5, 0.6) is 0 Å². The number of hydrogen-bond acceptors (Lipinski definition) is 4. The Morgan fingerprint density at radius 3 is 2.71 bits per heavy atom. The van der Waals surface area contributed by atoms with Gasteiger partial charge in [-0.05, 0) is 62.2 Å². The van der Waals surface area contributed by atoms with Gasteiger partial charge in [-0.3, -0.25) is 13.9 Å². The first-order valence-corrected chi connectivity index (χ1v) is 10.3. The normalized spacial score (nSPS) is 14.9. The van der Waals surface area contributed by atoms with Gasteiger partial charge in [0.15, 0.2) is 0 Å². The molecule has 1 fully saturated rings. The van der Waals surface area contributed by atoms with E-state index >= 15 is 0 Å². The van der Waals surface area contributed by atoms with Gasteiger partial charge in [0.25, 0.3) is 5.91 Å². The van der Waals surface area contributed by atoms with Crippen LogP contribution in [0.15, 0.2) is 49.1 Å². The number of rotatable bonds is 4. The van der Waals surface area contributed by atoms with Crippen LogP contribution >= 0.6 is 0 Å². The van der Waals surface area contributed by atoms with Gasteiger partial charge in [-0.15, -0.1) is 0 Å². The van der Waals surface area contributed by atoms with E-state index in [1.54, 1.807) is 12.3 Å². The van der Waals surface area contributed by atoms with Crippen molar-refractivity contribution in [3.05, 3.63) is 66.0 Å². The summed E-state index contributed by atoms with van der Waals surface area (Å²) in [5.41, 5.74) is 10.4. The lowest BCUT2D eigenvalue weighted by atomic mass is 10.0. The minimum absolute atomic E-state index is 0.123. The van der Waals surface area contributed by atoms with Gasteiger partial charge in [-0.1, -0.05) is 6.07 Å². The van der Waals surface area contributed by atoms with Crippen LogP contribution in [0.3, 0.4) is 0 Å². The van der Waals surface area contributed by atoms with Crippen LogP contribution in [0.25, 0.3) is 28.0 Å². The van der Waals surface area contributed by atoms with Crippen molar-refractivity contribution < 1.29 is 9.18 Å². The fourth-order valence-electron chi connectivity index (χ4n) is 4.27. The summed E-state index contributed by atoms with van der Waals surface area (Å²) in [5, 5.41) is 7.99. The molecule has 0 unspecified atom stereocenters. The molecule has 1 aliphatic rings.